The number of hydrogen-bond acceptors (Lipinski definition) is 4. The predicted octanol–water partition coefficient (Wildman–Crippen LogP) is 4.25. The first-order valence-corrected chi connectivity index (χ1v) is 10.9. The molecule has 2 amide bonds. The number of carbonyl (C=O) groups is 3. The highest BCUT2D eigenvalue weighted by Gasteiger charge is 2.44. The summed E-state index contributed by atoms with van der Waals surface area (Å²) in [6, 6.07) is 23.8. The van der Waals surface area contributed by atoms with Gasteiger partial charge in [0.25, 0.3) is 11.8 Å². The molecular weight excluding hydrogens is 416 g/mol. The van der Waals surface area contributed by atoms with E-state index in [-0.39, 0.29) is 29.4 Å². The number of hydrogen-bond donors (Lipinski definition) is 2. The van der Waals surface area contributed by atoms with E-state index in [2.05, 4.69) is 22.8 Å². The molecule has 1 aliphatic rings. The third kappa shape index (κ3) is 5.47. The Morgan fingerprint density at radius 2 is 1.64 bits per heavy atom. The van der Waals surface area contributed by atoms with E-state index in [1.54, 1.807) is 42.5 Å². The minimum absolute atomic E-state index is 0.0202. The van der Waals surface area contributed by atoms with Crippen LogP contribution in [-0.2, 0) is 14.9 Å². The fourth-order valence-corrected chi connectivity index (χ4v) is 3.79. The van der Waals surface area contributed by atoms with Gasteiger partial charge in [0.15, 0.2) is 6.61 Å². The molecule has 1 aliphatic carbocycles. The Hall–Kier alpha value is -3.93. The Balaban J connectivity index is 1.32. The SMILES string of the molecule is Cc1cccc(C(=O)Nc2ccccc2C(=O)OCC(=O)NCC2(c3ccccc3)CC2)c1. The lowest BCUT2D eigenvalue weighted by molar-refractivity contribution is -0.124. The number of amides is 2. The minimum Gasteiger partial charge on any atom is -0.452 e. The molecule has 0 aromatic heterocycles. The summed E-state index contributed by atoms with van der Waals surface area (Å²) in [4.78, 5) is 37.5. The summed E-state index contributed by atoms with van der Waals surface area (Å²) in [5.74, 6) is -1.35. The van der Waals surface area contributed by atoms with Gasteiger partial charge in [-0.2, -0.15) is 0 Å². The molecule has 0 heterocycles. The van der Waals surface area contributed by atoms with Gasteiger partial charge in [-0.25, -0.2) is 4.79 Å². The quantitative estimate of drug-likeness (QED) is 0.511. The molecule has 33 heavy (non-hydrogen) atoms. The summed E-state index contributed by atoms with van der Waals surface area (Å²) in [6.45, 7) is 2.03. The van der Waals surface area contributed by atoms with Gasteiger partial charge in [-0.15, -0.1) is 0 Å². The first-order chi connectivity index (χ1) is 16.0. The number of anilines is 1. The van der Waals surface area contributed by atoms with Crippen molar-refractivity contribution in [3.8, 4) is 0 Å². The summed E-state index contributed by atoms with van der Waals surface area (Å²) < 4.78 is 5.23. The molecule has 1 saturated carbocycles. The van der Waals surface area contributed by atoms with Gasteiger partial charge in [0.05, 0.1) is 11.3 Å². The zero-order valence-corrected chi connectivity index (χ0v) is 18.5. The zero-order valence-electron chi connectivity index (χ0n) is 18.5. The molecular formula is C27H26N2O4. The minimum atomic E-state index is -0.672. The van der Waals surface area contributed by atoms with Gasteiger partial charge in [-0.05, 0) is 49.6 Å². The Bertz CT molecular complexity index is 1170. The molecule has 0 unspecified atom stereocenters. The van der Waals surface area contributed by atoms with Crippen LogP contribution in [0.15, 0.2) is 78.9 Å². The molecule has 0 saturated heterocycles. The van der Waals surface area contributed by atoms with Crippen molar-refractivity contribution in [3.63, 3.8) is 0 Å². The number of nitrogens with one attached hydrogen (secondary N) is 2. The average Bonchev–Trinajstić information content (AvgIpc) is 3.63. The van der Waals surface area contributed by atoms with Crippen molar-refractivity contribution < 1.29 is 19.1 Å². The second-order valence-corrected chi connectivity index (χ2v) is 8.37. The standard InChI is InChI=1S/C27H26N2O4/c1-19-8-7-9-20(16-19)25(31)29-23-13-6-5-12-22(23)26(32)33-17-24(30)28-18-27(14-15-27)21-10-3-2-4-11-21/h2-13,16H,14-15,17-18H2,1H3,(H,28,30)(H,29,31). The number of para-hydroxylation sites is 1. The van der Waals surface area contributed by atoms with E-state index >= 15 is 0 Å². The molecule has 6 heteroatoms. The van der Waals surface area contributed by atoms with Crippen molar-refractivity contribution in [3.05, 3.63) is 101 Å². The fraction of sp³-hybridized carbons (Fsp3) is 0.222. The van der Waals surface area contributed by atoms with Crippen molar-refractivity contribution >= 4 is 23.5 Å². The normalized spacial score (nSPS) is 13.6. The van der Waals surface area contributed by atoms with Crippen molar-refractivity contribution in [1.82, 2.24) is 5.32 Å². The van der Waals surface area contributed by atoms with Crippen LogP contribution < -0.4 is 10.6 Å². The second-order valence-electron chi connectivity index (χ2n) is 8.37. The number of rotatable bonds is 8. The molecule has 0 aliphatic heterocycles. The van der Waals surface area contributed by atoms with Crippen LogP contribution in [0.1, 0.15) is 44.7 Å². The number of aryl methyl sites for hydroxylation is 1. The van der Waals surface area contributed by atoms with Crippen LogP contribution in [-0.4, -0.2) is 30.9 Å². The summed E-state index contributed by atoms with van der Waals surface area (Å²) >= 11 is 0. The summed E-state index contributed by atoms with van der Waals surface area (Å²) in [6.07, 6.45) is 2.04. The molecule has 0 radical (unpaired) electrons. The van der Waals surface area contributed by atoms with E-state index in [0.29, 0.717) is 17.8 Å². The van der Waals surface area contributed by atoms with Gasteiger partial charge in [-0.1, -0.05) is 60.2 Å². The van der Waals surface area contributed by atoms with Crippen LogP contribution >= 0.6 is 0 Å². The maximum atomic E-state index is 12.6. The summed E-state index contributed by atoms with van der Waals surface area (Å²) in [5.41, 5.74) is 3.16. The zero-order chi connectivity index (χ0) is 23.3. The first kappa shape index (κ1) is 22.3. The lowest BCUT2D eigenvalue weighted by atomic mass is 9.96. The number of esters is 1. The molecule has 2 N–H and O–H groups in total. The van der Waals surface area contributed by atoms with Crippen LogP contribution in [0.5, 0.6) is 0 Å². The highest BCUT2D eigenvalue weighted by Crippen LogP contribution is 2.47. The first-order valence-electron chi connectivity index (χ1n) is 10.9. The summed E-state index contributed by atoms with van der Waals surface area (Å²) in [7, 11) is 0. The van der Waals surface area contributed by atoms with Gasteiger partial charge in [0.2, 0.25) is 0 Å². The predicted molar refractivity (Wildman–Crippen MR) is 126 cm³/mol. The monoisotopic (exact) mass is 442 g/mol. The Labute approximate surface area is 193 Å². The van der Waals surface area contributed by atoms with Gasteiger partial charge in [0, 0.05) is 17.5 Å². The van der Waals surface area contributed by atoms with E-state index in [9.17, 15) is 14.4 Å². The molecule has 3 aromatic carbocycles. The van der Waals surface area contributed by atoms with Crippen molar-refractivity contribution in [2.45, 2.75) is 25.2 Å². The van der Waals surface area contributed by atoms with Crippen molar-refractivity contribution in [2.24, 2.45) is 0 Å². The van der Waals surface area contributed by atoms with Crippen LogP contribution in [0.3, 0.4) is 0 Å². The van der Waals surface area contributed by atoms with Crippen LogP contribution in [0, 0.1) is 6.92 Å². The van der Waals surface area contributed by atoms with Gasteiger partial charge >= 0.3 is 5.97 Å². The van der Waals surface area contributed by atoms with E-state index < -0.39 is 5.97 Å². The molecule has 1 fully saturated rings. The molecule has 3 aromatic rings. The number of carbonyl (C=O) groups excluding carboxylic acids is 3. The molecule has 4 rings (SSSR count). The average molecular weight is 443 g/mol. The lowest BCUT2D eigenvalue weighted by Crippen LogP contribution is -2.35. The molecule has 0 bridgehead atoms. The maximum absolute atomic E-state index is 12.6. The maximum Gasteiger partial charge on any atom is 0.340 e. The number of benzene rings is 3. The Morgan fingerprint density at radius 1 is 0.909 bits per heavy atom. The smallest absolute Gasteiger partial charge is 0.340 e. The fourth-order valence-electron chi connectivity index (χ4n) is 3.79. The molecule has 0 spiro atoms. The third-order valence-corrected chi connectivity index (χ3v) is 5.87. The van der Waals surface area contributed by atoms with Gasteiger partial charge in [-0.3, -0.25) is 9.59 Å². The topological polar surface area (TPSA) is 84.5 Å². The highest BCUT2D eigenvalue weighted by molar-refractivity contribution is 6.08. The van der Waals surface area contributed by atoms with Gasteiger partial charge in [0.1, 0.15) is 0 Å². The third-order valence-electron chi connectivity index (χ3n) is 5.87. The largest absolute Gasteiger partial charge is 0.452 e. The van der Waals surface area contributed by atoms with Crippen molar-refractivity contribution in [1.29, 1.82) is 0 Å². The lowest BCUT2D eigenvalue weighted by Gasteiger charge is -2.16. The van der Waals surface area contributed by atoms with E-state index in [1.807, 2.05) is 31.2 Å². The van der Waals surface area contributed by atoms with E-state index in [1.165, 1.54) is 5.56 Å². The highest BCUT2D eigenvalue weighted by atomic mass is 16.5. The van der Waals surface area contributed by atoms with Crippen LogP contribution in [0.2, 0.25) is 0 Å². The molecule has 0 atom stereocenters. The van der Waals surface area contributed by atoms with Crippen molar-refractivity contribution in [2.75, 3.05) is 18.5 Å². The second kappa shape index (κ2) is 9.69. The van der Waals surface area contributed by atoms with E-state index in [4.69, 9.17) is 4.74 Å². The number of ether oxygens (including phenoxy) is 1. The Kier molecular flexibility index (Phi) is 6.54. The van der Waals surface area contributed by atoms with E-state index in [0.717, 1.165) is 18.4 Å². The summed E-state index contributed by atoms with van der Waals surface area (Å²) in [5, 5.41) is 5.63. The Morgan fingerprint density at radius 3 is 2.36 bits per heavy atom. The molecule has 168 valence electrons. The van der Waals surface area contributed by atoms with Crippen LogP contribution in [0.4, 0.5) is 5.69 Å². The molecule has 6 nitrogen and oxygen atoms in total. The van der Waals surface area contributed by atoms with Crippen LogP contribution in [0.25, 0.3) is 0 Å². The van der Waals surface area contributed by atoms with Gasteiger partial charge < -0.3 is 15.4 Å².